The average Bonchev–Trinajstić information content (AvgIpc) is 2.86. The van der Waals surface area contributed by atoms with E-state index >= 15 is 0 Å². The first kappa shape index (κ1) is 22.0. The van der Waals surface area contributed by atoms with Crippen LogP contribution < -0.4 is 0 Å². The van der Waals surface area contributed by atoms with Crippen molar-refractivity contribution in [2.24, 2.45) is 0 Å². The third kappa shape index (κ3) is 4.91. The summed E-state index contributed by atoms with van der Waals surface area (Å²) in [5, 5.41) is 10.8. The minimum atomic E-state index is 1.20. The molecule has 168 valence electrons. The summed E-state index contributed by atoms with van der Waals surface area (Å²) in [6.45, 7) is 2.29. The summed E-state index contributed by atoms with van der Waals surface area (Å²) in [6, 6.07) is 29.7. The quantitative estimate of drug-likeness (QED) is 0.117. The fourth-order valence-electron chi connectivity index (χ4n) is 5.42. The van der Waals surface area contributed by atoms with Crippen molar-refractivity contribution in [3.8, 4) is 0 Å². The average molecular weight is 433 g/mol. The Morgan fingerprint density at radius 2 is 1.00 bits per heavy atom. The van der Waals surface area contributed by atoms with Crippen LogP contribution in [0.1, 0.15) is 70.3 Å². The van der Waals surface area contributed by atoms with E-state index in [1.807, 2.05) is 0 Å². The van der Waals surface area contributed by atoms with Gasteiger partial charge in [0, 0.05) is 0 Å². The van der Waals surface area contributed by atoms with Gasteiger partial charge in [0.25, 0.3) is 0 Å². The molecule has 5 aromatic carbocycles. The lowest BCUT2D eigenvalue weighted by Gasteiger charge is -2.10. The van der Waals surface area contributed by atoms with Gasteiger partial charge in [0.2, 0.25) is 0 Å². The van der Waals surface area contributed by atoms with Gasteiger partial charge in [0.05, 0.1) is 0 Å². The number of hydrogen-bond acceptors (Lipinski definition) is 0. The molecule has 0 unspecified atom stereocenters. The lowest BCUT2D eigenvalue weighted by Crippen LogP contribution is -1.88. The second kappa shape index (κ2) is 10.4. The predicted molar refractivity (Wildman–Crippen MR) is 147 cm³/mol. The van der Waals surface area contributed by atoms with Crippen molar-refractivity contribution < 1.29 is 0 Å². The fourth-order valence-corrected chi connectivity index (χ4v) is 5.42. The molecular weight excluding hydrogens is 396 g/mol. The van der Waals surface area contributed by atoms with E-state index in [2.05, 4.69) is 85.8 Å². The highest BCUT2D eigenvalue weighted by molar-refractivity contribution is 6.19. The van der Waals surface area contributed by atoms with Crippen LogP contribution >= 0.6 is 0 Å². The molecule has 0 heteroatoms. The van der Waals surface area contributed by atoms with Gasteiger partial charge in [-0.1, -0.05) is 125 Å². The summed E-state index contributed by atoms with van der Waals surface area (Å²) in [6.07, 6.45) is 13.7. The third-order valence-electron chi connectivity index (χ3n) is 7.33. The standard InChI is InChI=1S/C33H36/c1-2-3-4-5-6-7-8-9-10-13-25-16-19-30-28(22-25)17-21-32-31(30)20-18-29-23-26-14-11-12-15-27(26)24-33(29)32/h11-12,14-24H,2-10,13H2,1H3. The number of hydrogen-bond donors (Lipinski definition) is 0. The van der Waals surface area contributed by atoms with Crippen LogP contribution in [0.3, 0.4) is 0 Å². The van der Waals surface area contributed by atoms with Crippen LogP contribution in [0.15, 0.2) is 78.9 Å². The summed E-state index contributed by atoms with van der Waals surface area (Å²) < 4.78 is 0. The SMILES string of the molecule is CCCCCCCCCCCc1ccc2c(ccc3c4cc5ccccc5cc4ccc23)c1. The summed E-state index contributed by atoms with van der Waals surface area (Å²) in [4.78, 5) is 0. The lowest BCUT2D eigenvalue weighted by atomic mass is 9.94. The summed E-state index contributed by atoms with van der Waals surface area (Å²) >= 11 is 0. The monoisotopic (exact) mass is 432 g/mol. The molecule has 33 heavy (non-hydrogen) atoms. The molecule has 0 amide bonds. The molecule has 0 aromatic heterocycles. The van der Waals surface area contributed by atoms with Crippen LogP contribution in [-0.2, 0) is 6.42 Å². The second-order valence-electron chi connectivity index (χ2n) is 9.78. The molecule has 0 N–H and O–H groups in total. The van der Waals surface area contributed by atoms with Crippen molar-refractivity contribution in [3.05, 3.63) is 84.4 Å². The van der Waals surface area contributed by atoms with Crippen molar-refractivity contribution in [2.75, 3.05) is 0 Å². The molecule has 0 aliphatic rings. The molecule has 0 bridgehead atoms. The van der Waals surface area contributed by atoms with Crippen LogP contribution in [0.25, 0.3) is 43.1 Å². The van der Waals surface area contributed by atoms with Gasteiger partial charge in [-0.25, -0.2) is 0 Å². The van der Waals surface area contributed by atoms with E-state index in [0.717, 1.165) is 0 Å². The first-order chi connectivity index (χ1) is 16.3. The number of unbranched alkanes of at least 4 members (excludes halogenated alkanes) is 8. The molecule has 5 aromatic rings. The van der Waals surface area contributed by atoms with Gasteiger partial charge in [-0.05, 0) is 73.6 Å². The third-order valence-corrected chi connectivity index (χ3v) is 7.33. The van der Waals surface area contributed by atoms with Crippen LogP contribution in [0.5, 0.6) is 0 Å². The molecule has 0 saturated heterocycles. The largest absolute Gasteiger partial charge is 0.0654 e. The molecule has 0 atom stereocenters. The normalized spacial score (nSPS) is 11.8. The van der Waals surface area contributed by atoms with E-state index in [9.17, 15) is 0 Å². The maximum Gasteiger partial charge on any atom is -0.00987 e. The van der Waals surface area contributed by atoms with E-state index in [0.29, 0.717) is 0 Å². The minimum absolute atomic E-state index is 1.20. The molecule has 0 aliphatic heterocycles. The van der Waals surface area contributed by atoms with E-state index in [4.69, 9.17) is 0 Å². The lowest BCUT2D eigenvalue weighted by molar-refractivity contribution is 0.565. The molecule has 0 saturated carbocycles. The maximum atomic E-state index is 2.42. The highest BCUT2D eigenvalue weighted by Gasteiger charge is 2.07. The van der Waals surface area contributed by atoms with Gasteiger partial charge in [0.15, 0.2) is 0 Å². The summed E-state index contributed by atoms with van der Waals surface area (Å²) in [7, 11) is 0. The molecule has 0 heterocycles. The Balaban J connectivity index is 1.30. The molecule has 0 aliphatic carbocycles. The van der Waals surface area contributed by atoms with Gasteiger partial charge >= 0.3 is 0 Å². The van der Waals surface area contributed by atoms with Gasteiger partial charge < -0.3 is 0 Å². The summed E-state index contributed by atoms with van der Waals surface area (Å²) in [5.74, 6) is 0. The fraction of sp³-hybridized carbons (Fsp3) is 0.333. The minimum Gasteiger partial charge on any atom is -0.0654 e. The highest BCUT2D eigenvalue weighted by atomic mass is 14.1. The molecule has 0 nitrogen and oxygen atoms in total. The van der Waals surface area contributed by atoms with E-state index in [1.54, 1.807) is 0 Å². The number of rotatable bonds is 10. The van der Waals surface area contributed by atoms with E-state index in [1.165, 1.54) is 113 Å². The van der Waals surface area contributed by atoms with Crippen molar-refractivity contribution in [3.63, 3.8) is 0 Å². The molecular formula is C33H36. The van der Waals surface area contributed by atoms with E-state index < -0.39 is 0 Å². The van der Waals surface area contributed by atoms with Crippen molar-refractivity contribution in [2.45, 2.75) is 71.1 Å². The Hall–Kier alpha value is -2.86. The van der Waals surface area contributed by atoms with Gasteiger partial charge in [-0.2, -0.15) is 0 Å². The Bertz CT molecular complexity index is 1380. The maximum absolute atomic E-state index is 2.42. The smallest absolute Gasteiger partial charge is 0.00987 e. The topological polar surface area (TPSA) is 0 Å². The number of fused-ring (bicyclic) bond motifs is 6. The predicted octanol–water partition coefficient (Wildman–Crippen LogP) is 10.4. The zero-order valence-electron chi connectivity index (χ0n) is 20.1. The zero-order chi connectivity index (χ0) is 22.5. The Morgan fingerprint density at radius 3 is 1.73 bits per heavy atom. The summed E-state index contributed by atoms with van der Waals surface area (Å²) in [5.41, 5.74) is 1.48. The Morgan fingerprint density at radius 1 is 0.424 bits per heavy atom. The van der Waals surface area contributed by atoms with Crippen molar-refractivity contribution in [1.82, 2.24) is 0 Å². The molecule has 0 spiro atoms. The highest BCUT2D eigenvalue weighted by Crippen LogP contribution is 2.34. The number of aryl methyl sites for hydroxylation is 1. The first-order valence-electron chi connectivity index (χ1n) is 13.1. The Kier molecular flexibility index (Phi) is 6.91. The van der Waals surface area contributed by atoms with E-state index in [-0.39, 0.29) is 0 Å². The van der Waals surface area contributed by atoms with Crippen LogP contribution in [0, 0.1) is 0 Å². The van der Waals surface area contributed by atoms with Crippen molar-refractivity contribution in [1.29, 1.82) is 0 Å². The van der Waals surface area contributed by atoms with Crippen LogP contribution in [0.4, 0.5) is 0 Å². The van der Waals surface area contributed by atoms with Crippen LogP contribution in [0.2, 0.25) is 0 Å². The molecule has 0 radical (unpaired) electrons. The molecule has 5 rings (SSSR count). The zero-order valence-corrected chi connectivity index (χ0v) is 20.1. The van der Waals surface area contributed by atoms with Crippen LogP contribution in [-0.4, -0.2) is 0 Å². The van der Waals surface area contributed by atoms with Crippen molar-refractivity contribution >= 4 is 43.1 Å². The van der Waals surface area contributed by atoms with Gasteiger partial charge in [-0.15, -0.1) is 0 Å². The first-order valence-corrected chi connectivity index (χ1v) is 13.1. The Labute approximate surface area is 198 Å². The van der Waals surface area contributed by atoms with Gasteiger partial charge in [-0.3, -0.25) is 0 Å². The number of benzene rings is 5. The van der Waals surface area contributed by atoms with Gasteiger partial charge in [0.1, 0.15) is 0 Å². The second-order valence-corrected chi connectivity index (χ2v) is 9.78. The molecule has 0 fully saturated rings.